The maximum absolute atomic E-state index is 12.1. The van der Waals surface area contributed by atoms with Crippen LogP contribution >= 0.6 is 11.3 Å². The molecule has 21 heavy (non-hydrogen) atoms. The van der Waals surface area contributed by atoms with Gasteiger partial charge < -0.3 is 10.1 Å². The van der Waals surface area contributed by atoms with Gasteiger partial charge in [-0.3, -0.25) is 4.72 Å². The van der Waals surface area contributed by atoms with Gasteiger partial charge in [0.25, 0.3) is 10.0 Å². The van der Waals surface area contributed by atoms with Crippen LogP contribution < -0.4 is 4.72 Å². The number of rotatable bonds is 5. The number of aromatic amines is 1. The maximum Gasteiger partial charge on any atom is 0.280 e. The zero-order valence-corrected chi connectivity index (χ0v) is 12.9. The Morgan fingerprint density at radius 3 is 2.90 bits per heavy atom. The summed E-state index contributed by atoms with van der Waals surface area (Å²) in [7, 11) is -3.72. The fraction of sp³-hybridized carbons (Fsp3) is 0.333. The number of hydrogen-bond donors (Lipinski definition) is 3. The van der Waals surface area contributed by atoms with E-state index in [-0.39, 0.29) is 16.8 Å². The molecule has 0 aliphatic carbocycles. The first kappa shape index (κ1) is 15.5. The number of imidazole rings is 1. The Labute approximate surface area is 126 Å². The third kappa shape index (κ3) is 4.04. The van der Waals surface area contributed by atoms with E-state index in [4.69, 9.17) is 5.11 Å². The number of nitrogens with zero attached hydrogens (tertiary/aromatic N) is 2. The van der Waals surface area contributed by atoms with Crippen LogP contribution in [0.4, 0.5) is 5.13 Å². The number of nitrogens with one attached hydrogen (secondary N) is 2. The summed E-state index contributed by atoms with van der Waals surface area (Å²) in [5, 5.41) is 8.87. The van der Waals surface area contributed by atoms with Gasteiger partial charge in [0.1, 0.15) is 5.82 Å². The number of hydrogen-bond acceptors (Lipinski definition) is 6. The lowest BCUT2D eigenvalue weighted by atomic mass is 10.4. The molecule has 2 rings (SSSR count). The summed E-state index contributed by atoms with van der Waals surface area (Å²) in [6, 6.07) is 0. The Kier molecular flexibility index (Phi) is 4.95. The van der Waals surface area contributed by atoms with E-state index in [1.807, 2.05) is 6.92 Å². The Balaban J connectivity index is 2.12. The lowest BCUT2D eigenvalue weighted by Crippen LogP contribution is -2.13. The average Bonchev–Trinajstić information content (AvgIpc) is 3.08. The van der Waals surface area contributed by atoms with Gasteiger partial charge in [-0.25, -0.2) is 9.97 Å². The van der Waals surface area contributed by atoms with Crippen LogP contribution in [0.15, 0.2) is 17.4 Å². The fourth-order valence-electron chi connectivity index (χ4n) is 1.41. The molecular formula is C12H14N4O3S2. The van der Waals surface area contributed by atoms with Crippen molar-refractivity contribution >= 4 is 26.5 Å². The molecule has 7 nitrogen and oxygen atoms in total. The topological polar surface area (TPSA) is 108 Å². The highest BCUT2D eigenvalue weighted by molar-refractivity contribution is 7.92. The molecule has 0 saturated carbocycles. The molecule has 0 atom stereocenters. The zero-order valence-electron chi connectivity index (χ0n) is 11.3. The third-order valence-corrected chi connectivity index (χ3v) is 4.61. The second kappa shape index (κ2) is 6.71. The van der Waals surface area contributed by atoms with Gasteiger partial charge in [0.15, 0.2) is 10.2 Å². The van der Waals surface area contributed by atoms with Crippen molar-refractivity contribution in [3.8, 4) is 11.8 Å². The molecule has 0 bridgehead atoms. The summed E-state index contributed by atoms with van der Waals surface area (Å²) in [5.41, 5.74) is 0. The molecule has 9 heteroatoms. The first-order valence-electron chi connectivity index (χ1n) is 6.17. The lowest BCUT2D eigenvalue weighted by Gasteiger charge is -2.01. The molecule has 0 aliphatic heterocycles. The first-order valence-corrected chi connectivity index (χ1v) is 8.47. The molecule has 2 aromatic heterocycles. The zero-order chi connectivity index (χ0) is 15.3. The van der Waals surface area contributed by atoms with E-state index in [0.29, 0.717) is 23.5 Å². The molecule has 2 heterocycles. The van der Waals surface area contributed by atoms with Crippen molar-refractivity contribution < 1.29 is 13.5 Å². The first-order chi connectivity index (χ1) is 10.0. The molecule has 112 valence electrons. The van der Waals surface area contributed by atoms with Crippen LogP contribution in [0.1, 0.15) is 24.0 Å². The maximum atomic E-state index is 12.1. The highest BCUT2D eigenvalue weighted by atomic mass is 32.2. The average molecular weight is 326 g/mol. The second-order valence-corrected chi connectivity index (χ2v) is 6.64. The van der Waals surface area contributed by atoms with Gasteiger partial charge >= 0.3 is 0 Å². The fourth-order valence-corrected chi connectivity index (χ4v) is 3.29. The summed E-state index contributed by atoms with van der Waals surface area (Å²) in [5.74, 6) is 6.14. The van der Waals surface area contributed by atoms with Crippen LogP contribution in [0.25, 0.3) is 0 Å². The summed E-state index contributed by atoms with van der Waals surface area (Å²) in [6.45, 7) is 1.87. The second-order valence-electron chi connectivity index (χ2n) is 3.96. The molecule has 0 radical (unpaired) electrons. The van der Waals surface area contributed by atoms with E-state index in [1.165, 1.54) is 12.4 Å². The standard InChI is InChI=1S/C12H14N4O3S2/c1-2-10-13-8-11(15-10)21(18,19)16-12-14-7-9(20-12)5-3-4-6-17/h7-8,17H,2,4,6H2,1H3,(H,13,15)(H,14,16). The quantitative estimate of drug-likeness (QED) is 0.709. The van der Waals surface area contributed by atoms with Gasteiger partial charge in [-0.15, -0.1) is 0 Å². The van der Waals surface area contributed by atoms with Gasteiger partial charge in [0, 0.05) is 12.8 Å². The minimum absolute atomic E-state index is 0.00228. The normalized spacial score (nSPS) is 11.0. The number of sulfonamides is 1. The largest absolute Gasteiger partial charge is 0.395 e. The van der Waals surface area contributed by atoms with Crippen LogP contribution in [-0.4, -0.2) is 35.1 Å². The van der Waals surface area contributed by atoms with Gasteiger partial charge in [-0.1, -0.05) is 30.1 Å². The SMILES string of the molecule is CCc1ncc(S(=O)(=O)Nc2ncc(C#CCCO)s2)[nH]1. The Morgan fingerprint density at radius 2 is 2.24 bits per heavy atom. The lowest BCUT2D eigenvalue weighted by molar-refractivity contribution is 0.305. The molecule has 0 saturated heterocycles. The van der Waals surface area contributed by atoms with Crippen molar-refractivity contribution in [2.24, 2.45) is 0 Å². The smallest absolute Gasteiger partial charge is 0.280 e. The van der Waals surface area contributed by atoms with Crippen molar-refractivity contribution in [2.75, 3.05) is 11.3 Å². The molecule has 0 spiro atoms. The number of aliphatic hydroxyl groups is 1. The van der Waals surface area contributed by atoms with Gasteiger partial charge in [0.2, 0.25) is 0 Å². The predicted octanol–water partition coefficient (Wildman–Crippen LogP) is 0.963. The molecule has 2 aromatic rings. The number of aliphatic hydroxyl groups excluding tert-OH is 1. The molecule has 3 N–H and O–H groups in total. The monoisotopic (exact) mass is 326 g/mol. The number of H-pyrrole nitrogens is 1. The molecule has 0 fully saturated rings. The van der Waals surface area contributed by atoms with Crippen molar-refractivity contribution in [1.29, 1.82) is 0 Å². The van der Waals surface area contributed by atoms with E-state index >= 15 is 0 Å². The van der Waals surface area contributed by atoms with Crippen LogP contribution in [0, 0.1) is 11.8 Å². The summed E-state index contributed by atoms with van der Waals surface area (Å²) < 4.78 is 26.6. The summed E-state index contributed by atoms with van der Waals surface area (Å²) in [6.07, 6.45) is 3.75. The Bertz CT molecular complexity index is 768. The van der Waals surface area contributed by atoms with Crippen molar-refractivity contribution in [3.63, 3.8) is 0 Å². The van der Waals surface area contributed by atoms with Crippen LogP contribution in [-0.2, 0) is 16.4 Å². The molecule has 0 aromatic carbocycles. The summed E-state index contributed by atoms with van der Waals surface area (Å²) >= 11 is 1.13. The molecule has 0 aliphatic rings. The van der Waals surface area contributed by atoms with Crippen molar-refractivity contribution in [3.05, 3.63) is 23.1 Å². The van der Waals surface area contributed by atoms with Crippen molar-refractivity contribution in [1.82, 2.24) is 15.0 Å². The molecule has 0 unspecified atom stereocenters. The van der Waals surface area contributed by atoms with Crippen LogP contribution in [0.2, 0.25) is 0 Å². The van der Waals surface area contributed by atoms with E-state index in [1.54, 1.807) is 0 Å². The van der Waals surface area contributed by atoms with E-state index in [0.717, 1.165) is 11.3 Å². The van der Waals surface area contributed by atoms with Crippen molar-refractivity contribution in [2.45, 2.75) is 24.8 Å². The Morgan fingerprint density at radius 1 is 1.43 bits per heavy atom. The van der Waals surface area contributed by atoms with E-state index in [2.05, 4.69) is 31.5 Å². The van der Waals surface area contributed by atoms with Gasteiger partial charge in [-0.05, 0) is 0 Å². The van der Waals surface area contributed by atoms with E-state index in [9.17, 15) is 8.42 Å². The minimum atomic E-state index is -3.72. The van der Waals surface area contributed by atoms with E-state index < -0.39 is 10.0 Å². The number of anilines is 1. The Hall–Kier alpha value is -1.89. The number of thiazole rings is 1. The van der Waals surface area contributed by atoms with Gasteiger partial charge in [-0.2, -0.15) is 8.42 Å². The highest BCUT2D eigenvalue weighted by Crippen LogP contribution is 2.20. The predicted molar refractivity (Wildman–Crippen MR) is 79.5 cm³/mol. The molecular weight excluding hydrogens is 312 g/mol. The van der Waals surface area contributed by atoms with Crippen LogP contribution in [0.3, 0.4) is 0 Å². The minimum Gasteiger partial charge on any atom is -0.395 e. The van der Waals surface area contributed by atoms with Crippen LogP contribution in [0.5, 0.6) is 0 Å². The van der Waals surface area contributed by atoms with Gasteiger partial charge in [0.05, 0.1) is 23.9 Å². The third-order valence-electron chi connectivity index (χ3n) is 2.41. The summed E-state index contributed by atoms with van der Waals surface area (Å²) in [4.78, 5) is 11.3. The molecule has 0 amide bonds. The number of aromatic nitrogens is 3. The highest BCUT2D eigenvalue weighted by Gasteiger charge is 2.18. The number of aryl methyl sites for hydroxylation is 1.